The normalized spacial score (nSPS) is 14.5. The highest BCUT2D eigenvalue weighted by atomic mass is 15.0. The van der Waals surface area contributed by atoms with Crippen molar-refractivity contribution in [3.05, 3.63) is 59.7 Å². The number of allylic oxidation sites excluding steroid dienone is 4. The average molecular weight is 351 g/mol. The molecule has 0 fully saturated rings. The molecule has 0 bridgehead atoms. The number of nitrogens with one attached hydrogen (secondary N) is 1. The Morgan fingerprint density at radius 1 is 1.27 bits per heavy atom. The van der Waals surface area contributed by atoms with Crippen LogP contribution < -0.4 is 5.32 Å². The van der Waals surface area contributed by atoms with Crippen LogP contribution in [0, 0.1) is 6.92 Å². The zero-order valence-electron chi connectivity index (χ0n) is 16.6. The number of amidine groups is 1. The van der Waals surface area contributed by atoms with Crippen molar-refractivity contribution in [1.29, 1.82) is 0 Å². The summed E-state index contributed by atoms with van der Waals surface area (Å²) in [7, 11) is 1.77. The maximum Gasteiger partial charge on any atom is 0.151 e. The number of rotatable bonds is 7. The molecule has 5 nitrogen and oxygen atoms in total. The molecule has 0 aliphatic heterocycles. The summed E-state index contributed by atoms with van der Waals surface area (Å²) in [4.78, 5) is 17.4. The zero-order valence-corrected chi connectivity index (χ0v) is 16.6. The summed E-state index contributed by atoms with van der Waals surface area (Å²) >= 11 is 0. The van der Waals surface area contributed by atoms with Crippen LogP contribution >= 0.6 is 0 Å². The van der Waals surface area contributed by atoms with Gasteiger partial charge in [0, 0.05) is 43.2 Å². The molecule has 0 spiro atoms. The first-order valence-corrected chi connectivity index (χ1v) is 8.76. The third kappa shape index (κ3) is 6.97. The predicted molar refractivity (Wildman–Crippen MR) is 115 cm³/mol. The maximum atomic E-state index is 4.63. The van der Waals surface area contributed by atoms with E-state index in [-0.39, 0.29) is 0 Å². The van der Waals surface area contributed by atoms with Crippen LogP contribution in [0.2, 0.25) is 0 Å². The fraction of sp³-hybridized carbons (Fsp3) is 0.333. The van der Waals surface area contributed by atoms with E-state index in [0.29, 0.717) is 5.84 Å². The van der Waals surface area contributed by atoms with Gasteiger partial charge in [-0.3, -0.25) is 15.0 Å². The summed E-state index contributed by atoms with van der Waals surface area (Å²) in [6.45, 7) is 9.94. The number of hydrogen-bond donors (Lipinski definition) is 1. The van der Waals surface area contributed by atoms with Crippen molar-refractivity contribution >= 4 is 23.4 Å². The highest BCUT2D eigenvalue weighted by Gasteiger charge is 2.05. The molecule has 1 aromatic rings. The van der Waals surface area contributed by atoms with Gasteiger partial charge in [-0.25, -0.2) is 4.99 Å². The fourth-order valence-electron chi connectivity index (χ4n) is 2.21. The standard InChI is InChI=1S/C21H29N5/c1-7-11-24-21(26-20-10-12-23-16(4)13-20)17(5)25-15-19(9-3)18(8-2)14-22-6/h7-8,10-15H,9H2,1-6H3,(H,23,24,26)/b11-7-,18-8+,19-15+,22-14?,25-17?. The lowest BCUT2D eigenvalue weighted by molar-refractivity contribution is 1.12. The van der Waals surface area contributed by atoms with Gasteiger partial charge in [0.2, 0.25) is 0 Å². The van der Waals surface area contributed by atoms with Gasteiger partial charge in [0.05, 0.1) is 5.71 Å². The minimum Gasteiger partial charge on any atom is -0.339 e. The molecule has 0 saturated heterocycles. The second-order valence-electron chi connectivity index (χ2n) is 5.62. The van der Waals surface area contributed by atoms with Crippen molar-refractivity contribution in [2.45, 2.75) is 41.0 Å². The number of aromatic nitrogens is 1. The van der Waals surface area contributed by atoms with Crippen molar-refractivity contribution in [2.75, 3.05) is 12.4 Å². The molecular weight excluding hydrogens is 322 g/mol. The minimum absolute atomic E-state index is 0.701. The van der Waals surface area contributed by atoms with Crippen LogP contribution in [-0.4, -0.2) is 29.8 Å². The van der Waals surface area contributed by atoms with Crippen molar-refractivity contribution in [3.63, 3.8) is 0 Å². The minimum atomic E-state index is 0.701. The lowest BCUT2D eigenvalue weighted by Crippen LogP contribution is -2.20. The van der Waals surface area contributed by atoms with Crippen molar-refractivity contribution in [3.8, 4) is 0 Å². The van der Waals surface area contributed by atoms with Crippen LogP contribution in [0.3, 0.4) is 0 Å². The number of anilines is 1. The molecule has 1 heterocycles. The van der Waals surface area contributed by atoms with E-state index in [4.69, 9.17) is 0 Å². The van der Waals surface area contributed by atoms with Crippen molar-refractivity contribution in [1.82, 2.24) is 4.98 Å². The van der Waals surface area contributed by atoms with Gasteiger partial charge in [0.25, 0.3) is 0 Å². The summed E-state index contributed by atoms with van der Waals surface area (Å²) in [6.07, 6.45) is 12.1. The lowest BCUT2D eigenvalue weighted by Gasteiger charge is -2.10. The molecule has 0 atom stereocenters. The Morgan fingerprint density at radius 2 is 2.04 bits per heavy atom. The van der Waals surface area contributed by atoms with E-state index in [1.54, 1.807) is 19.4 Å². The van der Waals surface area contributed by atoms with Crippen LogP contribution in [-0.2, 0) is 0 Å². The molecule has 0 aliphatic rings. The van der Waals surface area contributed by atoms with Crippen molar-refractivity contribution < 1.29 is 0 Å². The summed E-state index contributed by atoms with van der Waals surface area (Å²) in [5, 5.41) is 3.32. The summed E-state index contributed by atoms with van der Waals surface area (Å²) < 4.78 is 0. The van der Waals surface area contributed by atoms with E-state index in [1.807, 2.05) is 64.4 Å². The van der Waals surface area contributed by atoms with Gasteiger partial charge in [0.1, 0.15) is 0 Å². The third-order valence-corrected chi connectivity index (χ3v) is 3.60. The van der Waals surface area contributed by atoms with Crippen LogP contribution in [0.25, 0.3) is 0 Å². The molecular formula is C21H29N5. The van der Waals surface area contributed by atoms with E-state index < -0.39 is 0 Å². The van der Waals surface area contributed by atoms with Gasteiger partial charge < -0.3 is 5.32 Å². The first kappa shape index (κ1) is 21.2. The molecule has 5 heteroatoms. The molecule has 0 amide bonds. The number of pyridine rings is 1. The Labute approximate surface area is 157 Å². The molecule has 1 N–H and O–H groups in total. The fourth-order valence-corrected chi connectivity index (χ4v) is 2.21. The highest BCUT2D eigenvalue weighted by Crippen LogP contribution is 2.13. The number of nitrogens with zero attached hydrogens (tertiary/aromatic N) is 4. The van der Waals surface area contributed by atoms with Gasteiger partial charge in [0.15, 0.2) is 5.84 Å². The predicted octanol–water partition coefficient (Wildman–Crippen LogP) is 5.14. The summed E-state index contributed by atoms with van der Waals surface area (Å²) in [6, 6.07) is 3.88. The number of hydrogen-bond acceptors (Lipinski definition) is 4. The number of aliphatic imine (C=N–C) groups is 3. The second kappa shape index (κ2) is 11.7. The molecule has 0 aromatic carbocycles. The Bertz CT molecular complexity index is 764. The van der Waals surface area contributed by atoms with Crippen LogP contribution in [0.4, 0.5) is 5.69 Å². The molecule has 1 aromatic heterocycles. The first-order valence-electron chi connectivity index (χ1n) is 8.76. The molecule has 26 heavy (non-hydrogen) atoms. The zero-order chi connectivity index (χ0) is 19.4. The maximum absolute atomic E-state index is 4.63. The smallest absolute Gasteiger partial charge is 0.151 e. The molecule has 0 radical (unpaired) electrons. The average Bonchev–Trinajstić information content (AvgIpc) is 2.64. The lowest BCUT2D eigenvalue weighted by atomic mass is 10.1. The molecule has 0 aliphatic carbocycles. The second-order valence-corrected chi connectivity index (χ2v) is 5.62. The monoisotopic (exact) mass is 351 g/mol. The quantitative estimate of drug-likeness (QED) is 0.420. The van der Waals surface area contributed by atoms with E-state index in [2.05, 4.69) is 32.2 Å². The van der Waals surface area contributed by atoms with E-state index in [1.165, 1.54) is 0 Å². The Kier molecular flexibility index (Phi) is 9.54. The molecule has 0 unspecified atom stereocenters. The number of aryl methyl sites for hydroxylation is 1. The van der Waals surface area contributed by atoms with Gasteiger partial charge in [-0.1, -0.05) is 19.1 Å². The largest absolute Gasteiger partial charge is 0.339 e. The van der Waals surface area contributed by atoms with E-state index in [9.17, 15) is 0 Å². The third-order valence-electron chi connectivity index (χ3n) is 3.60. The highest BCUT2D eigenvalue weighted by molar-refractivity contribution is 6.45. The topological polar surface area (TPSA) is 62.0 Å². The Hall–Kier alpha value is -2.82. The van der Waals surface area contributed by atoms with E-state index >= 15 is 0 Å². The van der Waals surface area contributed by atoms with Crippen LogP contribution in [0.1, 0.15) is 39.8 Å². The van der Waals surface area contributed by atoms with Crippen molar-refractivity contribution in [2.24, 2.45) is 15.0 Å². The van der Waals surface area contributed by atoms with Gasteiger partial charge in [-0.15, -0.1) is 0 Å². The van der Waals surface area contributed by atoms with Gasteiger partial charge in [-0.05, 0) is 57.4 Å². The molecule has 138 valence electrons. The first-order chi connectivity index (χ1) is 12.5. The SMILES string of the molecule is C/C=C\N=C(Nc1ccnc(C)c1)C(C)=N/C=C(CC)/C(C=NC)=C/C. The molecule has 0 saturated carbocycles. The Balaban J connectivity index is 3.17. The van der Waals surface area contributed by atoms with Crippen LogP contribution in [0.5, 0.6) is 0 Å². The van der Waals surface area contributed by atoms with Gasteiger partial charge >= 0.3 is 0 Å². The Morgan fingerprint density at radius 3 is 2.62 bits per heavy atom. The van der Waals surface area contributed by atoms with E-state index in [0.717, 1.165) is 34.7 Å². The summed E-state index contributed by atoms with van der Waals surface area (Å²) in [5.41, 5.74) is 4.88. The molecule has 1 rings (SSSR count). The van der Waals surface area contributed by atoms with Crippen LogP contribution in [0.15, 0.2) is 69.0 Å². The summed E-state index contributed by atoms with van der Waals surface area (Å²) in [5.74, 6) is 0.701. The van der Waals surface area contributed by atoms with Gasteiger partial charge in [-0.2, -0.15) is 0 Å².